The van der Waals surface area contributed by atoms with Gasteiger partial charge < -0.3 is 10.1 Å². The molecular weight excluding hydrogens is 188 g/mol. The minimum atomic E-state index is 0.347. The maximum atomic E-state index is 8.55. The molecule has 0 saturated heterocycles. The molecule has 3 nitrogen and oxygen atoms in total. The number of nitrogens with one attached hydrogen (secondary N) is 1. The van der Waals surface area contributed by atoms with E-state index < -0.39 is 0 Å². The van der Waals surface area contributed by atoms with Crippen LogP contribution in [-0.2, 0) is 4.74 Å². The third-order valence-electron chi connectivity index (χ3n) is 2.18. The SMILES string of the molecule is CCC(CC#N)NCCCOCC(C)C. The van der Waals surface area contributed by atoms with Gasteiger partial charge in [-0.25, -0.2) is 0 Å². The smallest absolute Gasteiger partial charge is 0.0638 e. The Bertz CT molecular complexity index is 175. The van der Waals surface area contributed by atoms with Gasteiger partial charge in [0.25, 0.3) is 0 Å². The van der Waals surface area contributed by atoms with Crippen LogP contribution < -0.4 is 5.32 Å². The zero-order valence-electron chi connectivity index (χ0n) is 10.3. The second-order valence-corrected chi connectivity index (χ2v) is 4.24. The minimum Gasteiger partial charge on any atom is -0.381 e. The van der Waals surface area contributed by atoms with Gasteiger partial charge in [0.05, 0.1) is 12.5 Å². The number of ether oxygens (including phenoxy) is 1. The molecule has 0 aromatic carbocycles. The molecule has 3 heteroatoms. The number of nitrogens with zero attached hydrogens (tertiary/aromatic N) is 1. The van der Waals surface area contributed by atoms with Crippen molar-refractivity contribution in [3.05, 3.63) is 0 Å². The van der Waals surface area contributed by atoms with Crippen LogP contribution in [0.15, 0.2) is 0 Å². The average Bonchev–Trinajstić information content (AvgIpc) is 2.21. The average molecular weight is 212 g/mol. The van der Waals surface area contributed by atoms with E-state index in [1.165, 1.54) is 0 Å². The van der Waals surface area contributed by atoms with Gasteiger partial charge in [-0.05, 0) is 25.3 Å². The first-order valence-electron chi connectivity index (χ1n) is 5.88. The van der Waals surface area contributed by atoms with Crippen molar-refractivity contribution in [1.82, 2.24) is 5.32 Å². The summed E-state index contributed by atoms with van der Waals surface area (Å²) in [6, 6.07) is 2.54. The highest BCUT2D eigenvalue weighted by atomic mass is 16.5. The van der Waals surface area contributed by atoms with Gasteiger partial charge in [0.15, 0.2) is 0 Å². The Morgan fingerprint density at radius 2 is 2.13 bits per heavy atom. The van der Waals surface area contributed by atoms with Crippen LogP contribution in [0.5, 0.6) is 0 Å². The summed E-state index contributed by atoms with van der Waals surface area (Å²) in [5.41, 5.74) is 0. The monoisotopic (exact) mass is 212 g/mol. The summed E-state index contributed by atoms with van der Waals surface area (Å²) in [6.45, 7) is 9.00. The van der Waals surface area contributed by atoms with Crippen LogP contribution in [0.25, 0.3) is 0 Å². The van der Waals surface area contributed by atoms with Crippen LogP contribution in [0.4, 0.5) is 0 Å². The molecule has 0 aliphatic carbocycles. The van der Waals surface area contributed by atoms with Crippen LogP contribution in [0, 0.1) is 17.2 Å². The molecule has 0 aromatic heterocycles. The summed E-state index contributed by atoms with van der Waals surface area (Å²) in [4.78, 5) is 0. The van der Waals surface area contributed by atoms with Crippen molar-refractivity contribution >= 4 is 0 Å². The van der Waals surface area contributed by atoms with Gasteiger partial charge in [-0.15, -0.1) is 0 Å². The molecular formula is C12H24N2O. The van der Waals surface area contributed by atoms with Gasteiger partial charge in [0.1, 0.15) is 0 Å². The highest BCUT2D eigenvalue weighted by molar-refractivity contribution is 4.79. The van der Waals surface area contributed by atoms with E-state index in [1.54, 1.807) is 0 Å². The van der Waals surface area contributed by atoms with Gasteiger partial charge in [-0.2, -0.15) is 5.26 Å². The van der Waals surface area contributed by atoms with Crippen molar-refractivity contribution in [3.8, 4) is 6.07 Å². The first kappa shape index (κ1) is 14.4. The topological polar surface area (TPSA) is 45.0 Å². The first-order chi connectivity index (χ1) is 7.20. The normalized spacial score (nSPS) is 12.7. The van der Waals surface area contributed by atoms with Crippen molar-refractivity contribution in [2.45, 2.75) is 46.1 Å². The largest absolute Gasteiger partial charge is 0.381 e. The predicted molar refractivity (Wildman–Crippen MR) is 62.6 cm³/mol. The van der Waals surface area contributed by atoms with Crippen LogP contribution in [-0.4, -0.2) is 25.8 Å². The van der Waals surface area contributed by atoms with E-state index in [1.807, 2.05) is 0 Å². The molecule has 0 aliphatic heterocycles. The van der Waals surface area contributed by atoms with E-state index in [-0.39, 0.29) is 0 Å². The molecule has 0 bridgehead atoms. The highest BCUT2D eigenvalue weighted by Crippen LogP contribution is 1.97. The molecule has 1 unspecified atom stereocenters. The Morgan fingerprint density at radius 1 is 1.40 bits per heavy atom. The molecule has 0 aromatic rings. The first-order valence-corrected chi connectivity index (χ1v) is 5.88. The number of hydrogen-bond donors (Lipinski definition) is 1. The highest BCUT2D eigenvalue weighted by Gasteiger charge is 2.03. The molecule has 0 heterocycles. The van der Waals surface area contributed by atoms with Gasteiger partial charge >= 0.3 is 0 Å². The second kappa shape index (κ2) is 9.95. The molecule has 1 N–H and O–H groups in total. The van der Waals surface area contributed by atoms with Crippen LogP contribution in [0.1, 0.15) is 40.0 Å². The Morgan fingerprint density at radius 3 is 2.67 bits per heavy atom. The molecule has 88 valence electrons. The molecule has 1 atom stereocenters. The van der Waals surface area contributed by atoms with Crippen molar-refractivity contribution in [2.24, 2.45) is 5.92 Å². The molecule has 0 aliphatic rings. The molecule has 0 saturated carbocycles. The van der Waals surface area contributed by atoms with E-state index >= 15 is 0 Å². The fourth-order valence-corrected chi connectivity index (χ4v) is 1.27. The zero-order chi connectivity index (χ0) is 11.5. The summed E-state index contributed by atoms with van der Waals surface area (Å²) in [5.74, 6) is 0.611. The fourth-order valence-electron chi connectivity index (χ4n) is 1.27. The van der Waals surface area contributed by atoms with Crippen molar-refractivity contribution < 1.29 is 4.74 Å². The van der Waals surface area contributed by atoms with E-state index in [0.29, 0.717) is 18.4 Å². The third-order valence-corrected chi connectivity index (χ3v) is 2.18. The summed E-state index contributed by atoms with van der Waals surface area (Å²) >= 11 is 0. The number of rotatable bonds is 9. The molecule has 0 radical (unpaired) electrons. The molecule has 0 amide bonds. The van der Waals surface area contributed by atoms with Crippen LogP contribution >= 0.6 is 0 Å². The number of nitriles is 1. The van der Waals surface area contributed by atoms with Crippen molar-refractivity contribution in [1.29, 1.82) is 5.26 Å². The maximum Gasteiger partial charge on any atom is 0.0638 e. The zero-order valence-corrected chi connectivity index (χ0v) is 10.3. The third kappa shape index (κ3) is 9.71. The van der Waals surface area contributed by atoms with Crippen LogP contribution in [0.3, 0.4) is 0 Å². The van der Waals surface area contributed by atoms with E-state index in [2.05, 4.69) is 32.2 Å². The fraction of sp³-hybridized carbons (Fsp3) is 0.917. The molecule has 0 spiro atoms. The van der Waals surface area contributed by atoms with Gasteiger partial charge in [-0.3, -0.25) is 0 Å². The lowest BCUT2D eigenvalue weighted by Gasteiger charge is -2.13. The lowest BCUT2D eigenvalue weighted by atomic mass is 10.1. The minimum absolute atomic E-state index is 0.347. The molecule has 15 heavy (non-hydrogen) atoms. The van der Waals surface area contributed by atoms with Crippen LogP contribution in [0.2, 0.25) is 0 Å². The summed E-state index contributed by atoms with van der Waals surface area (Å²) in [6.07, 6.45) is 2.64. The van der Waals surface area contributed by atoms with E-state index in [0.717, 1.165) is 32.6 Å². The van der Waals surface area contributed by atoms with Gasteiger partial charge in [0.2, 0.25) is 0 Å². The summed E-state index contributed by atoms with van der Waals surface area (Å²) < 4.78 is 5.47. The Hall–Kier alpha value is -0.590. The van der Waals surface area contributed by atoms with E-state index in [4.69, 9.17) is 10.00 Å². The Kier molecular flexibility index (Phi) is 9.55. The summed E-state index contributed by atoms with van der Waals surface area (Å²) in [5, 5.41) is 11.9. The Balaban J connectivity index is 3.26. The standard InChI is InChI=1S/C12H24N2O/c1-4-12(6-7-13)14-8-5-9-15-10-11(2)3/h11-12,14H,4-6,8-10H2,1-3H3. The second-order valence-electron chi connectivity index (χ2n) is 4.24. The lowest BCUT2D eigenvalue weighted by molar-refractivity contribution is 0.107. The van der Waals surface area contributed by atoms with Gasteiger partial charge in [0, 0.05) is 19.3 Å². The lowest BCUT2D eigenvalue weighted by Crippen LogP contribution is -2.29. The molecule has 0 rings (SSSR count). The molecule has 0 fully saturated rings. The Labute approximate surface area is 93.8 Å². The quantitative estimate of drug-likeness (QED) is 0.597. The van der Waals surface area contributed by atoms with E-state index in [9.17, 15) is 0 Å². The predicted octanol–water partition coefficient (Wildman–Crippen LogP) is 2.33. The van der Waals surface area contributed by atoms with Crippen molar-refractivity contribution in [2.75, 3.05) is 19.8 Å². The van der Waals surface area contributed by atoms with Crippen molar-refractivity contribution in [3.63, 3.8) is 0 Å². The van der Waals surface area contributed by atoms with Gasteiger partial charge in [-0.1, -0.05) is 20.8 Å². The summed E-state index contributed by atoms with van der Waals surface area (Å²) in [7, 11) is 0. The number of hydrogen-bond acceptors (Lipinski definition) is 3. The maximum absolute atomic E-state index is 8.55.